The van der Waals surface area contributed by atoms with Crippen molar-refractivity contribution in [2.75, 3.05) is 0 Å². The normalized spacial score (nSPS) is 14.8. The van der Waals surface area contributed by atoms with Crippen LogP contribution in [0.5, 0.6) is 0 Å². The van der Waals surface area contributed by atoms with Crippen molar-refractivity contribution in [2.24, 2.45) is 0 Å². The minimum Gasteiger partial charge on any atom is -0.325 e. The number of fused-ring (bicyclic) bond motifs is 1. The van der Waals surface area contributed by atoms with Gasteiger partial charge in [0.2, 0.25) is 0 Å². The summed E-state index contributed by atoms with van der Waals surface area (Å²) in [5.41, 5.74) is 0.214. The summed E-state index contributed by atoms with van der Waals surface area (Å²) in [4.78, 5) is 40.6. The van der Waals surface area contributed by atoms with E-state index in [1.807, 2.05) is 6.92 Å². The molecule has 0 atom stereocenters. The monoisotopic (exact) mass is 290 g/mol. The van der Waals surface area contributed by atoms with E-state index in [4.69, 9.17) is 0 Å². The zero-order valence-electron chi connectivity index (χ0n) is 12.2. The molecule has 2 heterocycles. The first kappa shape index (κ1) is 13.8. The molecule has 0 radical (unpaired) electrons. The van der Waals surface area contributed by atoms with E-state index in [9.17, 15) is 14.4 Å². The van der Waals surface area contributed by atoms with Gasteiger partial charge in [-0.2, -0.15) is 0 Å². The second-order valence-corrected chi connectivity index (χ2v) is 5.50. The van der Waals surface area contributed by atoms with Gasteiger partial charge in [0.05, 0.1) is 6.33 Å². The van der Waals surface area contributed by atoms with Crippen molar-refractivity contribution in [3.05, 3.63) is 27.2 Å². The van der Waals surface area contributed by atoms with Crippen LogP contribution in [-0.4, -0.2) is 24.5 Å². The highest BCUT2D eigenvalue weighted by atomic mass is 16.2. The molecule has 1 saturated carbocycles. The topological polar surface area (TPSA) is 78.9 Å². The molecule has 7 heteroatoms. The smallest absolute Gasteiger partial charge is 0.325 e. The van der Waals surface area contributed by atoms with E-state index in [2.05, 4.69) is 4.98 Å². The Kier molecular flexibility index (Phi) is 3.27. The molecule has 0 saturated heterocycles. The Morgan fingerprint density at radius 2 is 2.10 bits per heavy atom. The van der Waals surface area contributed by atoms with Gasteiger partial charge in [0.1, 0.15) is 5.78 Å². The maximum absolute atomic E-state index is 12.6. The van der Waals surface area contributed by atoms with Crippen LogP contribution in [0, 0.1) is 0 Å². The van der Waals surface area contributed by atoms with Gasteiger partial charge in [-0.3, -0.25) is 18.7 Å². The van der Waals surface area contributed by atoms with E-state index in [1.165, 1.54) is 11.5 Å². The first-order chi connectivity index (χ1) is 10.0. The van der Waals surface area contributed by atoms with Gasteiger partial charge in [-0.25, -0.2) is 9.78 Å². The van der Waals surface area contributed by atoms with Gasteiger partial charge in [0, 0.05) is 25.6 Å². The molecule has 1 aliphatic carbocycles. The van der Waals surface area contributed by atoms with E-state index in [0.29, 0.717) is 17.7 Å². The fraction of sp³-hybridized carbons (Fsp3) is 0.571. The molecule has 7 nitrogen and oxygen atoms in total. The van der Waals surface area contributed by atoms with E-state index in [0.717, 1.165) is 12.8 Å². The van der Waals surface area contributed by atoms with Gasteiger partial charge in [0.15, 0.2) is 11.2 Å². The van der Waals surface area contributed by atoms with Crippen LogP contribution in [0.3, 0.4) is 0 Å². The molecule has 1 aliphatic rings. The number of carbonyl (C=O) groups excluding carboxylic acids is 1. The number of hydrogen-bond acceptors (Lipinski definition) is 4. The Bertz CT molecular complexity index is 823. The van der Waals surface area contributed by atoms with Crippen LogP contribution in [0.25, 0.3) is 11.2 Å². The molecule has 2 aromatic rings. The number of Topliss-reactive ketones (excluding diaryl/α,β-unsaturated/α-hetero) is 1. The summed E-state index contributed by atoms with van der Waals surface area (Å²) in [5, 5.41) is 0. The summed E-state index contributed by atoms with van der Waals surface area (Å²) in [7, 11) is 0. The lowest BCUT2D eigenvalue weighted by Crippen LogP contribution is -2.40. The average molecular weight is 290 g/mol. The van der Waals surface area contributed by atoms with Crippen LogP contribution in [0.15, 0.2) is 15.9 Å². The van der Waals surface area contributed by atoms with Crippen molar-refractivity contribution < 1.29 is 4.79 Å². The standard InChI is InChI=1S/C14H18N4O3/c1-3-16-8-15-12-11(16)13(20)17(7-6-9(2)19)14(21)18(12)10-4-5-10/h8,10H,3-7H2,1-2H3. The van der Waals surface area contributed by atoms with Crippen LogP contribution in [0.4, 0.5) is 0 Å². The first-order valence-corrected chi connectivity index (χ1v) is 7.24. The lowest BCUT2D eigenvalue weighted by Gasteiger charge is -2.11. The van der Waals surface area contributed by atoms with Crippen LogP contribution < -0.4 is 11.2 Å². The minimum atomic E-state index is -0.354. The van der Waals surface area contributed by atoms with E-state index >= 15 is 0 Å². The van der Waals surface area contributed by atoms with Crippen molar-refractivity contribution in [2.45, 2.75) is 52.2 Å². The van der Waals surface area contributed by atoms with E-state index < -0.39 is 0 Å². The number of rotatable bonds is 5. The zero-order chi connectivity index (χ0) is 15.1. The maximum atomic E-state index is 12.6. The number of ketones is 1. The predicted molar refractivity (Wildman–Crippen MR) is 77.5 cm³/mol. The maximum Gasteiger partial charge on any atom is 0.333 e. The molecule has 0 bridgehead atoms. The third-order valence-electron chi connectivity index (χ3n) is 3.87. The molecule has 0 N–H and O–H groups in total. The average Bonchev–Trinajstić information content (AvgIpc) is 3.16. The van der Waals surface area contributed by atoms with Crippen LogP contribution in [0.1, 0.15) is 39.2 Å². The van der Waals surface area contributed by atoms with Crippen LogP contribution in [-0.2, 0) is 17.9 Å². The molecule has 21 heavy (non-hydrogen) atoms. The number of nitrogens with zero attached hydrogens (tertiary/aromatic N) is 4. The largest absolute Gasteiger partial charge is 0.333 e. The third kappa shape index (κ3) is 2.22. The van der Waals surface area contributed by atoms with Crippen molar-refractivity contribution >= 4 is 16.9 Å². The summed E-state index contributed by atoms with van der Waals surface area (Å²) in [5.74, 6) is -0.0385. The molecule has 112 valence electrons. The Labute approximate surface area is 120 Å². The number of imidazole rings is 1. The second-order valence-electron chi connectivity index (χ2n) is 5.50. The number of hydrogen-bond donors (Lipinski definition) is 0. The Hall–Kier alpha value is -2.18. The SMILES string of the molecule is CCn1cnc2c1c(=O)n(CCC(C)=O)c(=O)n2C1CC1. The third-order valence-corrected chi connectivity index (χ3v) is 3.87. The molecular formula is C14H18N4O3. The predicted octanol–water partition coefficient (Wildman–Crippen LogP) is 0.694. The van der Waals surface area contributed by atoms with Gasteiger partial charge < -0.3 is 4.57 Å². The summed E-state index contributed by atoms with van der Waals surface area (Å²) in [6.45, 7) is 4.12. The highest BCUT2D eigenvalue weighted by Gasteiger charge is 2.30. The summed E-state index contributed by atoms with van der Waals surface area (Å²) in [6, 6.07) is 0.129. The van der Waals surface area contributed by atoms with Gasteiger partial charge in [-0.15, -0.1) is 0 Å². The lowest BCUT2D eigenvalue weighted by atomic mass is 10.3. The van der Waals surface area contributed by atoms with Gasteiger partial charge in [-0.05, 0) is 26.7 Å². The summed E-state index contributed by atoms with van der Waals surface area (Å²) in [6.07, 6.45) is 3.64. The zero-order valence-corrected chi connectivity index (χ0v) is 12.2. The molecular weight excluding hydrogens is 272 g/mol. The number of aryl methyl sites for hydroxylation is 1. The van der Waals surface area contributed by atoms with Gasteiger partial charge in [-0.1, -0.05) is 0 Å². The molecule has 1 fully saturated rings. The van der Waals surface area contributed by atoms with Crippen LogP contribution >= 0.6 is 0 Å². The quantitative estimate of drug-likeness (QED) is 0.811. The number of carbonyl (C=O) groups is 1. The van der Waals surface area contributed by atoms with Gasteiger partial charge >= 0.3 is 5.69 Å². The molecule has 2 aromatic heterocycles. The van der Waals surface area contributed by atoms with Crippen molar-refractivity contribution in [1.29, 1.82) is 0 Å². The van der Waals surface area contributed by atoms with E-state index in [1.54, 1.807) is 15.5 Å². The molecule has 0 unspecified atom stereocenters. The van der Waals surface area contributed by atoms with Gasteiger partial charge in [0.25, 0.3) is 5.56 Å². The first-order valence-electron chi connectivity index (χ1n) is 7.24. The lowest BCUT2D eigenvalue weighted by molar-refractivity contribution is -0.117. The fourth-order valence-electron chi connectivity index (χ4n) is 2.57. The highest BCUT2D eigenvalue weighted by Crippen LogP contribution is 2.34. The highest BCUT2D eigenvalue weighted by molar-refractivity contribution is 5.75. The minimum absolute atomic E-state index is 0.0385. The number of aromatic nitrogens is 4. The van der Waals surface area contributed by atoms with Crippen molar-refractivity contribution in [1.82, 2.24) is 18.7 Å². The Morgan fingerprint density at radius 3 is 2.67 bits per heavy atom. The molecule has 0 spiro atoms. The molecule has 0 aliphatic heterocycles. The Balaban J connectivity index is 2.28. The Morgan fingerprint density at radius 1 is 1.38 bits per heavy atom. The molecule has 0 amide bonds. The second kappa shape index (κ2) is 4.98. The summed E-state index contributed by atoms with van der Waals surface area (Å²) < 4.78 is 4.54. The van der Waals surface area contributed by atoms with Crippen molar-refractivity contribution in [3.63, 3.8) is 0 Å². The van der Waals surface area contributed by atoms with Crippen LogP contribution in [0.2, 0.25) is 0 Å². The van der Waals surface area contributed by atoms with E-state index in [-0.39, 0.29) is 36.0 Å². The molecule has 3 rings (SSSR count). The summed E-state index contributed by atoms with van der Waals surface area (Å²) >= 11 is 0. The fourth-order valence-corrected chi connectivity index (χ4v) is 2.57. The van der Waals surface area contributed by atoms with Crippen molar-refractivity contribution in [3.8, 4) is 0 Å². The molecule has 0 aromatic carbocycles.